The topological polar surface area (TPSA) is 39.9 Å². The second kappa shape index (κ2) is 10.8. The Labute approximate surface area is 194 Å². The second-order valence-electron chi connectivity index (χ2n) is 7.82. The molecule has 0 spiro atoms. The molecule has 0 saturated carbocycles. The Kier molecular flexibility index (Phi) is 7.64. The lowest BCUT2D eigenvalue weighted by molar-refractivity contribution is 0.303. The van der Waals surface area contributed by atoms with E-state index in [1.165, 1.54) is 38.8 Å². The van der Waals surface area contributed by atoms with Crippen molar-refractivity contribution in [3.63, 3.8) is 0 Å². The molecule has 2 aromatic carbocycles. The quantitative estimate of drug-likeness (QED) is 0.385. The molecule has 0 atom stereocenters. The zero-order chi connectivity index (χ0) is 21.5. The van der Waals surface area contributed by atoms with E-state index >= 15 is 0 Å². The lowest BCUT2D eigenvalue weighted by Gasteiger charge is -2.19. The highest BCUT2D eigenvalue weighted by Gasteiger charge is 2.17. The summed E-state index contributed by atoms with van der Waals surface area (Å²) in [6, 6.07) is 22.3. The van der Waals surface area contributed by atoms with Crippen molar-refractivity contribution >= 4 is 23.4 Å². The Morgan fingerprint density at radius 1 is 0.935 bits per heavy atom. The molecule has 0 N–H and O–H groups in total. The fourth-order valence-corrected chi connectivity index (χ4v) is 5.11. The fourth-order valence-electron chi connectivity index (χ4n) is 3.98. The monoisotopic (exact) mass is 447 g/mol. The Morgan fingerprint density at radius 3 is 2.32 bits per heavy atom. The van der Waals surface area contributed by atoms with Crippen molar-refractivity contribution in [2.24, 2.45) is 0 Å². The van der Waals surface area contributed by atoms with Crippen molar-refractivity contribution in [2.75, 3.05) is 25.4 Å². The molecule has 4 rings (SSSR count). The van der Waals surface area contributed by atoms with Crippen molar-refractivity contribution in [3.05, 3.63) is 71.2 Å². The molecule has 158 valence electrons. The number of likely N-dealkylation sites (tertiary alicyclic amines) is 1. The van der Waals surface area contributed by atoms with E-state index in [1.54, 1.807) is 11.8 Å². The van der Waals surface area contributed by atoms with Gasteiger partial charge in [0.15, 0.2) is 0 Å². The van der Waals surface area contributed by atoms with Crippen LogP contribution in [0.3, 0.4) is 0 Å². The summed E-state index contributed by atoms with van der Waals surface area (Å²) in [5, 5.41) is 11.5. The van der Waals surface area contributed by atoms with Gasteiger partial charge in [-0.1, -0.05) is 66.9 Å². The maximum Gasteiger partial charge on any atom is 0.115 e. The van der Waals surface area contributed by atoms with Gasteiger partial charge in [0, 0.05) is 28.4 Å². The molecule has 1 aliphatic heterocycles. The third-order valence-corrected chi connectivity index (χ3v) is 6.88. The number of thioether (sulfide) groups is 1. The summed E-state index contributed by atoms with van der Waals surface area (Å²) in [5.41, 5.74) is 4.47. The lowest BCUT2D eigenvalue weighted by Crippen LogP contribution is -2.27. The molecule has 3 nitrogen and oxygen atoms in total. The summed E-state index contributed by atoms with van der Waals surface area (Å²) < 4.78 is 0. The fraction of sp³-hybridized carbons (Fsp3) is 0.308. The van der Waals surface area contributed by atoms with Gasteiger partial charge in [-0.3, -0.25) is 0 Å². The first-order valence-corrected chi connectivity index (χ1v) is 12.2. The van der Waals surface area contributed by atoms with Crippen LogP contribution in [0.4, 0.5) is 0 Å². The molecular formula is C26H26ClN3S. The van der Waals surface area contributed by atoms with Crippen LogP contribution in [-0.2, 0) is 0 Å². The van der Waals surface area contributed by atoms with E-state index in [2.05, 4.69) is 23.1 Å². The van der Waals surface area contributed by atoms with Gasteiger partial charge in [0.25, 0.3) is 0 Å². The predicted molar refractivity (Wildman–Crippen MR) is 130 cm³/mol. The third kappa shape index (κ3) is 5.68. The van der Waals surface area contributed by atoms with Crippen LogP contribution in [0.25, 0.3) is 22.4 Å². The van der Waals surface area contributed by atoms with Crippen LogP contribution in [-0.4, -0.2) is 35.3 Å². The molecule has 0 aliphatic carbocycles. The number of hydrogen-bond acceptors (Lipinski definition) is 4. The summed E-state index contributed by atoms with van der Waals surface area (Å²) in [4.78, 5) is 7.46. The van der Waals surface area contributed by atoms with Crippen LogP contribution < -0.4 is 0 Å². The molecule has 1 fully saturated rings. The number of pyridine rings is 1. The molecule has 0 bridgehead atoms. The summed E-state index contributed by atoms with van der Waals surface area (Å²) >= 11 is 7.79. The minimum Gasteiger partial charge on any atom is -0.303 e. The summed E-state index contributed by atoms with van der Waals surface area (Å²) in [7, 11) is 0. The average molecular weight is 448 g/mol. The van der Waals surface area contributed by atoms with Crippen LogP contribution in [0, 0.1) is 11.3 Å². The zero-order valence-electron chi connectivity index (χ0n) is 17.6. The van der Waals surface area contributed by atoms with Crippen molar-refractivity contribution in [1.82, 2.24) is 9.88 Å². The number of nitriles is 1. The van der Waals surface area contributed by atoms with Gasteiger partial charge in [0.05, 0.1) is 11.3 Å². The van der Waals surface area contributed by atoms with Crippen LogP contribution >= 0.6 is 23.4 Å². The SMILES string of the molecule is N#Cc1c(-c2ccc(Cl)cc2)cc(-c2ccccc2)nc1SCCN1CCCCCC1. The Hall–Kier alpha value is -2.32. The van der Waals surface area contributed by atoms with Gasteiger partial charge in [0.2, 0.25) is 0 Å². The molecule has 2 heterocycles. The number of nitrogens with zero attached hydrogens (tertiary/aromatic N) is 3. The van der Waals surface area contributed by atoms with Crippen LogP contribution in [0.1, 0.15) is 31.2 Å². The maximum atomic E-state index is 10.0. The lowest BCUT2D eigenvalue weighted by atomic mass is 9.99. The largest absolute Gasteiger partial charge is 0.303 e. The maximum absolute atomic E-state index is 10.0. The van der Waals surface area contributed by atoms with E-state index in [9.17, 15) is 5.26 Å². The first kappa shape index (κ1) is 21.9. The van der Waals surface area contributed by atoms with Crippen molar-refractivity contribution in [2.45, 2.75) is 30.7 Å². The van der Waals surface area contributed by atoms with Gasteiger partial charge in [0.1, 0.15) is 11.1 Å². The Bertz CT molecular complexity index is 1040. The number of halogens is 1. The van der Waals surface area contributed by atoms with Crippen molar-refractivity contribution in [1.29, 1.82) is 5.26 Å². The van der Waals surface area contributed by atoms with E-state index in [0.717, 1.165) is 39.7 Å². The van der Waals surface area contributed by atoms with Crippen molar-refractivity contribution in [3.8, 4) is 28.5 Å². The van der Waals surface area contributed by atoms with Gasteiger partial charge >= 0.3 is 0 Å². The van der Waals surface area contributed by atoms with Crippen molar-refractivity contribution < 1.29 is 0 Å². The highest BCUT2D eigenvalue weighted by atomic mass is 35.5. The molecule has 1 saturated heterocycles. The molecule has 0 unspecified atom stereocenters. The molecule has 31 heavy (non-hydrogen) atoms. The molecule has 5 heteroatoms. The van der Waals surface area contributed by atoms with Crippen LogP contribution in [0.2, 0.25) is 5.02 Å². The Balaban J connectivity index is 1.66. The number of aromatic nitrogens is 1. The molecule has 0 amide bonds. The summed E-state index contributed by atoms with van der Waals surface area (Å²) in [6.45, 7) is 3.39. The molecule has 3 aromatic rings. The second-order valence-corrected chi connectivity index (χ2v) is 9.34. The van der Waals surface area contributed by atoms with Crippen LogP contribution in [0.5, 0.6) is 0 Å². The van der Waals surface area contributed by atoms with E-state index in [4.69, 9.17) is 16.6 Å². The van der Waals surface area contributed by atoms with Gasteiger partial charge in [-0.25, -0.2) is 4.98 Å². The highest BCUT2D eigenvalue weighted by Crippen LogP contribution is 2.34. The minimum absolute atomic E-state index is 0.642. The molecule has 1 aliphatic rings. The Morgan fingerprint density at radius 2 is 1.65 bits per heavy atom. The zero-order valence-corrected chi connectivity index (χ0v) is 19.1. The predicted octanol–water partition coefficient (Wildman–Crippen LogP) is 6.91. The van der Waals surface area contributed by atoms with E-state index < -0.39 is 0 Å². The van der Waals surface area contributed by atoms with Gasteiger partial charge < -0.3 is 4.90 Å². The highest BCUT2D eigenvalue weighted by molar-refractivity contribution is 7.99. The molecule has 1 aromatic heterocycles. The third-order valence-electron chi connectivity index (χ3n) is 5.67. The standard InChI is InChI=1S/C26H26ClN3S/c27-22-12-10-20(11-13-22)23-18-25(21-8-4-3-5-9-21)29-26(24(23)19-28)31-17-16-30-14-6-1-2-7-15-30/h3-5,8-13,18H,1-2,6-7,14-17H2. The van der Waals surface area contributed by atoms with Gasteiger partial charge in [-0.15, -0.1) is 11.8 Å². The summed E-state index contributed by atoms with van der Waals surface area (Å²) in [6.07, 6.45) is 5.26. The van der Waals surface area contributed by atoms with E-state index in [1.807, 2.05) is 48.5 Å². The molecule has 0 radical (unpaired) electrons. The average Bonchev–Trinajstić information content (AvgIpc) is 3.08. The van der Waals surface area contributed by atoms with Crippen LogP contribution in [0.15, 0.2) is 65.7 Å². The molecular weight excluding hydrogens is 422 g/mol. The first-order chi connectivity index (χ1) is 15.2. The normalized spacial score (nSPS) is 14.7. The number of benzene rings is 2. The van der Waals surface area contributed by atoms with E-state index in [-0.39, 0.29) is 0 Å². The smallest absolute Gasteiger partial charge is 0.115 e. The number of rotatable bonds is 6. The first-order valence-electron chi connectivity index (χ1n) is 10.9. The minimum atomic E-state index is 0.642. The van der Waals surface area contributed by atoms with E-state index in [0.29, 0.717) is 10.6 Å². The van der Waals surface area contributed by atoms with Gasteiger partial charge in [-0.05, 0) is 49.7 Å². The van der Waals surface area contributed by atoms with Gasteiger partial charge in [-0.2, -0.15) is 5.26 Å². The number of hydrogen-bond donors (Lipinski definition) is 0. The summed E-state index contributed by atoms with van der Waals surface area (Å²) in [5.74, 6) is 0.931.